The lowest BCUT2D eigenvalue weighted by atomic mass is 10.1. The van der Waals surface area contributed by atoms with Crippen LogP contribution in [-0.2, 0) is 16.4 Å². The lowest BCUT2D eigenvalue weighted by molar-refractivity contribution is 0.0954. The molecule has 1 aromatic heterocycles. The normalized spacial score (nSPS) is 11.1. The molecule has 6 nitrogen and oxygen atoms in total. The highest BCUT2D eigenvalue weighted by molar-refractivity contribution is 7.89. The Morgan fingerprint density at radius 2 is 1.67 bits per heavy atom. The van der Waals surface area contributed by atoms with E-state index in [4.69, 9.17) is 5.14 Å². The molecular weight excluding hydrogens is 362 g/mol. The minimum atomic E-state index is -3.69. The summed E-state index contributed by atoms with van der Waals surface area (Å²) in [6.45, 7) is 0.440. The zero-order valence-electron chi connectivity index (χ0n) is 14.5. The number of carbonyl (C=O) groups is 1. The summed E-state index contributed by atoms with van der Waals surface area (Å²) in [6.07, 6.45) is 2.31. The first-order valence-corrected chi connectivity index (χ1v) is 9.89. The topological polar surface area (TPSA) is 102 Å². The Morgan fingerprint density at radius 3 is 2.26 bits per heavy atom. The molecule has 0 atom stereocenters. The number of pyridine rings is 1. The van der Waals surface area contributed by atoms with Crippen LogP contribution in [0.1, 0.15) is 15.9 Å². The number of primary sulfonamides is 1. The van der Waals surface area contributed by atoms with Crippen molar-refractivity contribution in [1.82, 2.24) is 10.3 Å². The third-order valence-electron chi connectivity index (χ3n) is 4.06. The number of amides is 1. The fraction of sp³-hybridized carbons (Fsp3) is 0.100. The first-order chi connectivity index (χ1) is 12.9. The van der Waals surface area contributed by atoms with Crippen LogP contribution in [0.25, 0.3) is 11.3 Å². The number of benzene rings is 2. The molecule has 0 radical (unpaired) electrons. The van der Waals surface area contributed by atoms with Gasteiger partial charge in [-0.2, -0.15) is 0 Å². The number of nitrogens with zero attached hydrogens (tertiary/aromatic N) is 1. The molecule has 0 aliphatic carbocycles. The molecule has 2 aromatic carbocycles. The van der Waals surface area contributed by atoms with Crippen molar-refractivity contribution in [1.29, 1.82) is 0 Å². The Kier molecular flexibility index (Phi) is 5.63. The maximum atomic E-state index is 12.2. The van der Waals surface area contributed by atoms with Crippen LogP contribution >= 0.6 is 0 Å². The van der Waals surface area contributed by atoms with Gasteiger partial charge in [-0.25, -0.2) is 13.6 Å². The molecule has 27 heavy (non-hydrogen) atoms. The van der Waals surface area contributed by atoms with Crippen LogP contribution in [0, 0.1) is 0 Å². The van der Waals surface area contributed by atoms with Crippen LogP contribution in [-0.4, -0.2) is 25.9 Å². The zero-order chi connectivity index (χ0) is 19.3. The second-order valence-corrected chi connectivity index (χ2v) is 7.55. The predicted octanol–water partition coefficient (Wildman–Crippen LogP) is 2.37. The summed E-state index contributed by atoms with van der Waals surface area (Å²) in [6, 6.07) is 19.2. The Labute approximate surface area is 158 Å². The first kappa shape index (κ1) is 18.8. The molecule has 0 saturated heterocycles. The van der Waals surface area contributed by atoms with Crippen LogP contribution in [0.15, 0.2) is 77.8 Å². The molecule has 1 amide bonds. The van der Waals surface area contributed by atoms with Gasteiger partial charge in [0.15, 0.2) is 0 Å². The Morgan fingerprint density at radius 1 is 0.963 bits per heavy atom. The molecule has 0 aliphatic rings. The van der Waals surface area contributed by atoms with Crippen LogP contribution in [0.5, 0.6) is 0 Å². The van der Waals surface area contributed by atoms with E-state index in [0.29, 0.717) is 18.5 Å². The van der Waals surface area contributed by atoms with E-state index in [-0.39, 0.29) is 10.8 Å². The van der Waals surface area contributed by atoms with Crippen LogP contribution in [0.2, 0.25) is 0 Å². The summed E-state index contributed by atoms with van der Waals surface area (Å²) >= 11 is 0. The van der Waals surface area contributed by atoms with E-state index in [0.717, 1.165) is 16.8 Å². The van der Waals surface area contributed by atoms with Crippen molar-refractivity contribution in [3.05, 3.63) is 84.1 Å². The van der Waals surface area contributed by atoms with Crippen molar-refractivity contribution < 1.29 is 13.2 Å². The Bertz CT molecular complexity index is 1020. The number of hydrogen-bond donors (Lipinski definition) is 2. The number of carbonyl (C=O) groups excluding carboxylic acids is 1. The molecule has 3 aromatic rings. The second-order valence-electron chi connectivity index (χ2n) is 5.99. The first-order valence-electron chi connectivity index (χ1n) is 8.35. The van der Waals surface area contributed by atoms with Crippen LogP contribution < -0.4 is 10.5 Å². The molecule has 3 rings (SSSR count). The fourth-order valence-corrected chi connectivity index (χ4v) is 3.11. The van der Waals surface area contributed by atoms with Crippen LogP contribution in [0.4, 0.5) is 0 Å². The minimum absolute atomic E-state index is 0.0725. The fourth-order valence-electron chi connectivity index (χ4n) is 2.59. The standard InChI is InChI=1S/C20H19N3O3S/c21-27(25,26)18-10-4-15(5-11-18)12-14-23-20(24)17-8-6-16(7-9-17)19-3-1-2-13-22-19/h1-11,13H,12,14H2,(H,23,24)(H2,21,25,26). The zero-order valence-corrected chi connectivity index (χ0v) is 15.3. The predicted molar refractivity (Wildman–Crippen MR) is 104 cm³/mol. The van der Waals surface area contributed by atoms with Gasteiger partial charge in [0.2, 0.25) is 10.0 Å². The van der Waals surface area contributed by atoms with Crippen molar-refractivity contribution in [2.75, 3.05) is 6.54 Å². The molecule has 1 heterocycles. The number of nitrogens with one attached hydrogen (secondary N) is 1. The van der Waals surface area contributed by atoms with Crippen LogP contribution in [0.3, 0.4) is 0 Å². The van der Waals surface area contributed by atoms with Crippen molar-refractivity contribution in [2.24, 2.45) is 5.14 Å². The Balaban J connectivity index is 1.55. The number of aromatic nitrogens is 1. The SMILES string of the molecule is NS(=O)(=O)c1ccc(CCNC(=O)c2ccc(-c3ccccn3)cc2)cc1. The van der Waals surface area contributed by atoms with E-state index in [2.05, 4.69) is 10.3 Å². The third kappa shape index (κ3) is 4.99. The van der Waals surface area contributed by atoms with E-state index < -0.39 is 10.0 Å². The molecule has 7 heteroatoms. The summed E-state index contributed by atoms with van der Waals surface area (Å²) in [5.41, 5.74) is 3.28. The van der Waals surface area contributed by atoms with Gasteiger partial charge >= 0.3 is 0 Å². The monoisotopic (exact) mass is 381 g/mol. The largest absolute Gasteiger partial charge is 0.352 e. The van der Waals surface area contributed by atoms with Gasteiger partial charge in [0.05, 0.1) is 10.6 Å². The molecule has 0 saturated carbocycles. The van der Waals surface area contributed by atoms with E-state index in [9.17, 15) is 13.2 Å². The Hall–Kier alpha value is -3.03. The van der Waals surface area contributed by atoms with E-state index >= 15 is 0 Å². The van der Waals surface area contributed by atoms with Gasteiger partial charge in [0.1, 0.15) is 0 Å². The maximum absolute atomic E-state index is 12.2. The molecule has 0 unspecified atom stereocenters. The molecule has 138 valence electrons. The number of nitrogens with two attached hydrogens (primary N) is 1. The molecule has 3 N–H and O–H groups in total. The maximum Gasteiger partial charge on any atom is 0.251 e. The summed E-state index contributed by atoms with van der Waals surface area (Å²) in [7, 11) is -3.69. The average Bonchev–Trinajstić information content (AvgIpc) is 2.68. The van der Waals surface area contributed by atoms with Crippen molar-refractivity contribution in [3.8, 4) is 11.3 Å². The lowest BCUT2D eigenvalue weighted by Crippen LogP contribution is -2.25. The third-order valence-corrected chi connectivity index (χ3v) is 4.99. The van der Waals surface area contributed by atoms with Gasteiger partial charge in [0.25, 0.3) is 5.91 Å². The molecule has 0 spiro atoms. The smallest absolute Gasteiger partial charge is 0.251 e. The van der Waals surface area contributed by atoms with Gasteiger partial charge in [-0.15, -0.1) is 0 Å². The highest BCUT2D eigenvalue weighted by atomic mass is 32.2. The van der Waals surface area contributed by atoms with Gasteiger partial charge < -0.3 is 5.32 Å². The van der Waals surface area contributed by atoms with Gasteiger partial charge in [-0.3, -0.25) is 9.78 Å². The number of rotatable bonds is 6. The van der Waals surface area contributed by atoms with E-state index in [1.54, 1.807) is 30.5 Å². The van der Waals surface area contributed by atoms with Gasteiger partial charge in [-0.05, 0) is 48.4 Å². The summed E-state index contributed by atoms with van der Waals surface area (Å²) in [5, 5.41) is 7.92. The quantitative estimate of drug-likeness (QED) is 0.684. The van der Waals surface area contributed by atoms with Gasteiger partial charge in [0, 0.05) is 23.9 Å². The lowest BCUT2D eigenvalue weighted by Gasteiger charge is -2.07. The van der Waals surface area contributed by atoms with Crippen molar-refractivity contribution in [2.45, 2.75) is 11.3 Å². The highest BCUT2D eigenvalue weighted by Gasteiger charge is 2.08. The van der Waals surface area contributed by atoms with E-state index in [1.807, 2.05) is 30.3 Å². The molecule has 0 fully saturated rings. The number of hydrogen-bond acceptors (Lipinski definition) is 4. The second kappa shape index (κ2) is 8.11. The van der Waals surface area contributed by atoms with Gasteiger partial charge in [-0.1, -0.05) is 30.3 Å². The minimum Gasteiger partial charge on any atom is -0.352 e. The summed E-state index contributed by atoms with van der Waals surface area (Å²) in [5.74, 6) is -0.163. The number of sulfonamides is 1. The highest BCUT2D eigenvalue weighted by Crippen LogP contribution is 2.16. The molecule has 0 aliphatic heterocycles. The summed E-state index contributed by atoms with van der Waals surface area (Å²) < 4.78 is 22.5. The average molecular weight is 381 g/mol. The van der Waals surface area contributed by atoms with E-state index in [1.165, 1.54) is 12.1 Å². The summed E-state index contributed by atoms with van der Waals surface area (Å²) in [4.78, 5) is 16.6. The molecule has 0 bridgehead atoms. The van der Waals surface area contributed by atoms with Crippen molar-refractivity contribution in [3.63, 3.8) is 0 Å². The molecular formula is C20H19N3O3S. The van der Waals surface area contributed by atoms with Crippen molar-refractivity contribution >= 4 is 15.9 Å².